The Kier molecular flexibility index (Phi) is 11.0. The number of rotatable bonds is 12. The highest BCUT2D eigenvalue weighted by Crippen LogP contribution is 2.47. The lowest BCUT2D eigenvalue weighted by atomic mass is 10.1. The van der Waals surface area contributed by atoms with Gasteiger partial charge in [-0.05, 0) is 60.1 Å². The highest BCUT2D eigenvalue weighted by molar-refractivity contribution is 8.65. The molecule has 7 heteroatoms. The van der Waals surface area contributed by atoms with E-state index in [1.807, 2.05) is 12.1 Å². The first-order valence-corrected chi connectivity index (χ1v) is 16.1. The monoisotopic (exact) mass is 484 g/mol. The lowest BCUT2D eigenvalue weighted by molar-refractivity contribution is 0.335. The van der Waals surface area contributed by atoms with Gasteiger partial charge in [0.15, 0.2) is 5.69 Å². The summed E-state index contributed by atoms with van der Waals surface area (Å²) in [6.45, 7) is 9.37. The van der Waals surface area contributed by atoms with Crippen molar-refractivity contribution in [1.82, 2.24) is 0 Å². The minimum atomic E-state index is -3.27. The molecule has 0 atom stereocenters. The molecular formula is C24H37O4PS2. The first kappa shape index (κ1) is 26.3. The van der Waals surface area contributed by atoms with Crippen LogP contribution in [-0.4, -0.2) is 34.5 Å². The van der Waals surface area contributed by atoms with Gasteiger partial charge >= 0.3 is 0 Å². The molecule has 0 radical (unpaired) electrons. The number of hydrogen-bond donors (Lipinski definition) is 3. The summed E-state index contributed by atoms with van der Waals surface area (Å²) in [6.07, 6.45) is 3.81. The van der Waals surface area contributed by atoms with Gasteiger partial charge in [-0.3, -0.25) is 0 Å². The van der Waals surface area contributed by atoms with Gasteiger partial charge < -0.3 is 19.3 Å². The van der Waals surface area contributed by atoms with Gasteiger partial charge in [0, 0.05) is 11.5 Å². The van der Waals surface area contributed by atoms with Crippen LogP contribution in [-0.2, 0) is 35.8 Å². The largest absolute Gasteiger partial charge is 0.492 e. The highest BCUT2D eigenvalue weighted by Gasteiger charge is 2.13. The maximum atomic E-state index is 10.2. The normalized spacial score (nSPS) is 11.7. The third-order valence-corrected chi connectivity index (χ3v) is 12.5. The predicted octanol–water partition coefficient (Wildman–Crippen LogP) is 5.60. The van der Waals surface area contributed by atoms with Gasteiger partial charge in [0.2, 0.25) is 0 Å². The Morgan fingerprint density at radius 2 is 1.16 bits per heavy atom. The van der Waals surface area contributed by atoms with Gasteiger partial charge in [-0.25, -0.2) is 0 Å². The predicted molar refractivity (Wildman–Crippen MR) is 139 cm³/mol. The zero-order valence-corrected chi connectivity index (χ0v) is 21.7. The Balaban J connectivity index is 1.97. The van der Waals surface area contributed by atoms with Crippen LogP contribution in [0.2, 0.25) is 0 Å². The molecule has 0 spiro atoms. The van der Waals surface area contributed by atoms with E-state index in [1.165, 1.54) is 22.3 Å². The topological polar surface area (TPSA) is 58.9 Å². The van der Waals surface area contributed by atoms with E-state index in [0.717, 1.165) is 37.2 Å². The Labute approximate surface area is 195 Å². The van der Waals surface area contributed by atoms with Crippen LogP contribution in [0.3, 0.4) is 0 Å². The van der Waals surface area contributed by atoms with Crippen molar-refractivity contribution in [1.29, 1.82) is 0 Å². The van der Waals surface area contributed by atoms with Gasteiger partial charge in [0.05, 0.1) is 13.2 Å². The number of thiol groups is 1. The summed E-state index contributed by atoms with van der Waals surface area (Å²) >= 11 is 4.12. The average Bonchev–Trinajstić information content (AvgIpc) is 2.77. The van der Waals surface area contributed by atoms with Crippen molar-refractivity contribution in [2.45, 2.75) is 53.4 Å². The summed E-state index contributed by atoms with van der Waals surface area (Å²) in [5.41, 5.74) is 1.70. The maximum absolute atomic E-state index is 10.2. The van der Waals surface area contributed by atoms with Crippen LogP contribution in [0.5, 0.6) is 11.5 Å². The zero-order chi connectivity index (χ0) is 22.9. The first-order chi connectivity index (χ1) is 14.8. The summed E-state index contributed by atoms with van der Waals surface area (Å²) in [5.74, 6) is 2.84. The van der Waals surface area contributed by atoms with Gasteiger partial charge in [0.25, 0.3) is 0 Å². The van der Waals surface area contributed by atoms with E-state index < -0.39 is 15.8 Å². The van der Waals surface area contributed by atoms with Crippen molar-refractivity contribution in [2.75, 3.05) is 24.7 Å². The second kappa shape index (κ2) is 13.0. The van der Waals surface area contributed by atoms with Crippen LogP contribution in [0.4, 0.5) is 0 Å². The smallest absolute Gasteiger partial charge is 0.199 e. The molecule has 4 nitrogen and oxygen atoms in total. The number of hydrogen-bond acceptors (Lipinski definition) is 2. The molecule has 0 heterocycles. The molecule has 0 unspecified atom stereocenters. The van der Waals surface area contributed by atoms with Crippen LogP contribution >= 0.6 is 17.9 Å². The summed E-state index contributed by atoms with van der Waals surface area (Å²) in [5, 5.41) is 0. The van der Waals surface area contributed by atoms with Gasteiger partial charge in [0.1, 0.15) is 11.5 Å². The molecule has 31 heavy (non-hydrogen) atoms. The van der Waals surface area contributed by atoms with E-state index in [4.69, 9.17) is 9.47 Å². The molecule has 0 saturated carbocycles. The fourth-order valence-corrected chi connectivity index (χ4v) is 8.01. The van der Waals surface area contributed by atoms with Crippen LogP contribution in [0.15, 0.2) is 36.4 Å². The number of aryl methyl sites for hydroxylation is 4. The van der Waals surface area contributed by atoms with E-state index in [2.05, 4.69) is 64.2 Å². The van der Waals surface area contributed by atoms with Crippen molar-refractivity contribution in [3.8, 4) is 11.5 Å². The van der Waals surface area contributed by atoms with Crippen molar-refractivity contribution in [3.05, 3.63) is 58.7 Å². The zero-order valence-electron chi connectivity index (χ0n) is 19.1. The quantitative estimate of drug-likeness (QED) is 0.271. The Hall–Kier alpha value is -0.910. The third kappa shape index (κ3) is 8.18. The summed E-state index contributed by atoms with van der Waals surface area (Å²) in [7, 11) is -0.682. The first-order valence-electron chi connectivity index (χ1n) is 11.1. The molecule has 0 bridgehead atoms. The van der Waals surface area contributed by atoms with Crippen LogP contribution in [0, 0.1) is 0 Å². The van der Waals surface area contributed by atoms with E-state index in [1.54, 1.807) is 0 Å². The number of benzene rings is 2. The fourth-order valence-electron chi connectivity index (χ4n) is 3.38. The molecular weight excluding hydrogens is 447 g/mol. The lowest BCUT2D eigenvalue weighted by Gasteiger charge is -2.19. The Morgan fingerprint density at radius 1 is 0.742 bits per heavy atom. The summed E-state index contributed by atoms with van der Waals surface area (Å²) in [6, 6.07) is 12.6. The minimum Gasteiger partial charge on any atom is -0.492 e. The molecule has 2 rings (SSSR count). The molecule has 0 saturated heterocycles. The van der Waals surface area contributed by atoms with Crippen molar-refractivity contribution in [3.63, 3.8) is 0 Å². The van der Waals surface area contributed by atoms with E-state index in [9.17, 15) is 9.79 Å². The van der Waals surface area contributed by atoms with Crippen molar-refractivity contribution < 1.29 is 19.3 Å². The summed E-state index contributed by atoms with van der Waals surface area (Å²) in [4.78, 5) is 20.5. The molecule has 0 aliphatic carbocycles. The second-order valence-corrected chi connectivity index (χ2v) is 15.7. The van der Waals surface area contributed by atoms with Crippen LogP contribution in [0.1, 0.15) is 49.9 Å². The molecule has 0 amide bonds. The maximum Gasteiger partial charge on any atom is 0.199 e. The highest BCUT2D eigenvalue weighted by atomic mass is 32.9. The van der Waals surface area contributed by atoms with E-state index in [-0.39, 0.29) is 0 Å². The van der Waals surface area contributed by atoms with Gasteiger partial charge in [-0.15, -0.1) is 10.1 Å². The minimum absolute atomic E-state index is 0.427. The van der Waals surface area contributed by atoms with Gasteiger partial charge in [-0.2, -0.15) is 0 Å². The summed E-state index contributed by atoms with van der Waals surface area (Å²) < 4.78 is 12.0. The molecule has 174 valence electrons. The van der Waals surface area contributed by atoms with Crippen LogP contribution < -0.4 is 9.47 Å². The molecule has 2 aromatic carbocycles. The molecule has 0 aliphatic rings. The third-order valence-electron chi connectivity index (χ3n) is 5.33. The average molecular weight is 485 g/mol. The van der Waals surface area contributed by atoms with E-state index in [0.29, 0.717) is 24.7 Å². The second-order valence-electron chi connectivity index (χ2n) is 7.38. The van der Waals surface area contributed by atoms with Crippen molar-refractivity contribution in [2.24, 2.45) is 0 Å². The fraction of sp³-hybridized carbons (Fsp3) is 0.500. The molecule has 2 aromatic rings. The number of ether oxygens (including phenoxy) is 2. The van der Waals surface area contributed by atoms with Gasteiger partial charge in [-0.1, -0.05) is 64.2 Å². The molecule has 0 aliphatic heterocycles. The standard InChI is InChI=1S/C24H37O4PS2/c1-5-19-9-11-23(21(7-3)17-19)27-13-15-31(29(25,26)30)16-14-28-24-12-10-20(6-2)18-22(24)8-4/h9-12,17-18,25-26,30H,5-8,13-16H2,1-4H3. The SMILES string of the molecule is CCc1ccc(OCCS(CCOc2ccc(CC)cc2CC)=P(O)(O)S)c(CC)c1. The van der Waals surface area contributed by atoms with Crippen molar-refractivity contribution >= 4 is 28.0 Å². The van der Waals surface area contributed by atoms with Crippen LogP contribution in [0.25, 0.3) is 0 Å². The van der Waals surface area contributed by atoms with E-state index >= 15 is 0 Å². The molecule has 2 N–H and O–H groups in total. The Morgan fingerprint density at radius 3 is 1.48 bits per heavy atom. The lowest BCUT2D eigenvalue weighted by Crippen LogP contribution is -2.17. The Bertz CT molecular complexity index is 837. The molecule has 0 aromatic heterocycles. The molecule has 0 fully saturated rings.